The molecule has 0 bridgehead atoms. The second kappa shape index (κ2) is 7.16. The molecule has 2 rings (SSSR count). The van der Waals surface area contributed by atoms with Crippen LogP contribution >= 0.6 is 23.2 Å². The van der Waals surface area contributed by atoms with Crippen LogP contribution in [0.2, 0.25) is 10.0 Å². The summed E-state index contributed by atoms with van der Waals surface area (Å²) in [5.74, 6) is -0.923. The van der Waals surface area contributed by atoms with E-state index in [-0.39, 0.29) is 28.4 Å². The molecule has 0 spiro atoms. The zero-order chi connectivity index (χ0) is 17.1. The van der Waals surface area contributed by atoms with Crippen molar-refractivity contribution < 1.29 is 13.2 Å². The van der Waals surface area contributed by atoms with E-state index in [2.05, 4.69) is 0 Å². The number of thiol groups is 1. The number of rotatable bonds is 5. The normalized spacial score (nSPS) is 10.9. The second-order valence-electron chi connectivity index (χ2n) is 4.82. The summed E-state index contributed by atoms with van der Waals surface area (Å²) in [6.07, 6.45) is 1.48. The highest BCUT2D eigenvalue weighted by Gasteiger charge is 2.11. The van der Waals surface area contributed by atoms with Gasteiger partial charge in [0.25, 0.3) is 5.91 Å². The first-order chi connectivity index (χ1) is 10.8. The largest absolute Gasteiger partial charge is 0.365 e. The standard InChI is InChI=1S/C14H13Cl2N3O3S/c15-10-2-1-8(9(3-10)7-23(21)22)5-19-6-11(16)4-12(13(19)17)14(18)20/h1-4,6,17,23H,5,7H2,(H2,18,20). The summed E-state index contributed by atoms with van der Waals surface area (Å²) in [7, 11) is -2.63. The second-order valence-corrected chi connectivity index (χ2v) is 6.67. The molecule has 1 heterocycles. The Labute approximate surface area is 143 Å². The van der Waals surface area contributed by atoms with Crippen LogP contribution in [0, 0.1) is 5.41 Å². The number of hydrogen-bond donors (Lipinski definition) is 3. The predicted octanol–water partition coefficient (Wildman–Crippen LogP) is 1.53. The van der Waals surface area contributed by atoms with Crippen LogP contribution in [0.1, 0.15) is 21.5 Å². The number of nitrogens with zero attached hydrogens (tertiary/aromatic N) is 1. The van der Waals surface area contributed by atoms with Crippen LogP contribution in [0.3, 0.4) is 0 Å². The van der Waals surface area contributed by atoms with E-state index in [1.165, 1.54) is 16.8 Å². The maximum absolute atomic E-state index is 11.4. The zero-order valence-corrected chi connectivity index (χ0v) is 14.2. The first kappa shape index (κ1) is 17.5. The molecule has 23 heavy (non-hydrogen) atoms. The van der Waals surface area contributed by atoms with Crippen LogP contribution in [0.5, 0.6) is 0 Å². The number of nitrogens with one attached hydrogen (secondary N) is 1. The van der Waals surface area contributed by atoms with Gasteiger partial charge in [-0.05, 0) is 29.3 Å². The molecule has 0 aliphatic heterocycles. The Morgan fingerprint density at radius 1 is 1.17 bits per heavy atom. The molecule has 0 aliphatic rings. The number of amides is 1. The lowest BCUT2D eigenvalue weighted by molar-refractivity contribution is 0.0997. The van der Waals surface area contributed by atoms with Gasteiger partial charge in [0.1, 0.15) is 16.2 Å². The van der Waals surface area contributed by atoms with Crippen LogP contribution in [0.25, 0.3) is 0 Å². The molecule has 0 saturated carbocycles. The Bertz CT molecular complexity index is 899. The quantitative estimate of drug-likeness (QED) is 0.691. The highest BCUT2D eigenvalue weighted by Crippen LogP contribution is 2.18. The minimum Gasteiger partial charge on any atom is -0.365 e. The number of nitrogens with two attached hydrogens (primary N) is 1. The molecule has 0 saturated heterocycles. The fraction of sp³-hybridized carbons (Fsp3) is 0.143. The van der Waals surface area contributed by atoms with Crippen LogP contribution in [0.4, 0.5) is 0 Å². The van der Waals surface area contributed by atoms with E-state index in [9.17, 15) is 13.2 Å². The minimum atomic E-state index is -2.63. The Kier molecular flexibility index (Phi) is 5.46. The molecule has 0 unspecified atom stereocenters. The molecule has 0 radical (unpaired) electrons. The van der Waals surface area contributed by atoms with Gasteiger partial charge in [-0.25, -0.2) is 8.42 Å². The Morgan fingerprint density at radius 2 is 1.87 bits per heavy atom. The van der Waals surface area contributed by atoms with Gasteiger partial charge in [-0.15, -0.1) is 0 Å². The smallest absolute Gasteiger partial charge is 0.252 e. The molecular weight excluding hydrogens is 361 g/mol. The average Bonchev–Trinajstić information content (AvgIpc) is 2.44. The average molecular weight is 374 g/mol. The van der Waals surface area contributed by atoms with Crippen LogP contribution in [0.15, 0.2) is 30.5 Å². The highest BCUT2D eigenvalue weighted by molar-refractivity contribution is 7.71. The number of pyridine rings is 1. The molecule has 6 nitrogen and oxygen atoms in total. The predicted molar refractivity (Wildman–Crippen MR) is 88.4 cm³/mol. The molecule has 0 aliphatic carbocycles. The summed E-state index contributed by atoms with van der Waals surface area (Å²) >= 11 is 11.9. The molecule has 1 aromatic heterocycles. The lowest BCUT2D eigenvalue weighted by atomic mass is 10.1. The van der Waals surface area contributed by atoms with Crippen molar-refractivity contribution in [2.45, 2.75) is 12.3 Å². The fourth-order valence-electron chi connectivity index (χ4n) is 2.14. The maximum Gasteiger partial charge on any atom is 0.252 e. The lowest BCUT2D eigenvalue weighted by Crippen LogP contribution is -2.30. The first-order valence-corrected chi connectivity index (χ1v) is 8.53. The number of carbonyl (C=O) groups is 1. The van der Waals surface area contributed by atoms with Gasteiger partial charge in [-0.1, -0.05) is 29.3 Å². The lowest BCUT2D eigenvalue weighted by Gasteiger charge is -2.13. The van der Waals surface area contributed by atoms with E-state index >= 15 is 0 Å². The first-order valence-electron chi connectivity index (χ1n) is 6.41. The Balaban J connectivity index is 2.52. The summed E-state index contributed by atoms with van der Waals surface area (Å²) in [4.78, 5) is 11.4. The highest BCUT2D eigenvalue weighted by atomic mass is 35.5. The molecule has 0 fully saturated rings. The van der Waals surface area contributed by atoms with Crippen molar-refractivity contribution in [3.05, 3.63) is 62.7 Å². The summed E-state index contributed by atoms with van der Waals surface area (Å²) in [5, 5.41) is 8.70. The van der Waals surface area contributed by atoms with Gasteiger partial charge in [0, 0.05) is 17.8 Å². The number of hydrogen-bond acceptors (Lipinski definition) is 4. The van der Waals surface area contributed by atoms with E-state index in [0.29, 0.717) is 16.1 Å². The van der Waals surface area contributed by atoms with Gasteiger partial charge in [0.15, 0.2) is 0 Å². The van der Waals surface area contributed by atoms with E-state index in [1.54, 1.807) is 18.2 Å². The summed E-state index contributed by atoms with van der Waals surface area (Å²) in [5.41, 5.74) is 6.31. The SMILES string of the molecule is N=c1c(C(N)=O)cc(Cl)cn1Cc1ccc(Cl)cc1C[SH](=O)=O. The molecule has 1 amide bonds. The van der Waals surface area contributed by atoms with Crippen molar-refractivity contribution in [2.75, 3.05) is 0 Å². The third-order valence-electron chi connectivity index (χ3n) is 3.18. The maximum atomic E-state index is 11.4. The van der Waals surface area contributed by atoms with Gasteiger partial charge in [-0.2, -0.15) is 0 Å². The molecule has 9 heteroatoms. The van der Waals surface area contributed by atoms with E-state index < -0.39 is 16.6 Å². The van der Waals surface area contributed by atoms with Crippen molar-refractivity contribution in [3.63, 3.8) is 0 Å². The number of primary amides is 1. The third-order valence-corrected chi connectivity index (χ3v) is 4.22. The zero-order valence-electron chi connectivity index (χ0n) is 11.8. The van der Waals surface area contributed by atoms with E-state index in [1.807, 2.05) is 0 Å². The summed E-state index contributed by atoms with van der Waals surface area (Å²) < 4.78 is 23.5. The van der Waals surface area contributed by atoms with Crippen LogP contribution in [-0.2, 0) is 23.0 Å². The van der Waals surface area contributed by atoms with Gasteiger partial charge >= 0.3 is 0 Å². The van der Waals surface area contributed by atoms with Crippen LogP contribution in [-0.4, -0.2) is 18.9 Å². The van der Waals surface area contributed by atoms with E-state index in [4.69, 9.17) is 34.3 Å². The molecule has 1 aromatic carbocycles. The van der Waals surface area contributed by atoms with Gasteiger partial charge in [0.05, 0.1) is 16.3 Å². The summed E-state index contributed by atoms with van der Waals surface area (Å²) in [6.45, 7) is 0.162. The van der Waals surface area contributed by atoms with Crippen molar-refractivity contribution in [1.29, 1.82) is 5.41 Å². The van der Waals surface area contributed by atoms with Gasteiger partial charge in [-0.3, -0.25) is 10.2 Å². The van der Waals surface area contributed by atoms with Crippen molar-refractivity contribution in [2.24, 2.45) is 5.73 Å². The molecule has 3 N–H and O–H groups in total. The molecule has 0 atom stereocenters. The number of benzene rings is 1. The van der Waals surface area contributed by atoms with Crippen molar-refractivity contribution >= 4 is 39.8 Å². The van der Waals surface area contributed by atoms with Crippen LogP contribution < -0.4 is 11.2 Å². The number of aromatic nitrogens is 1. The number of halogens is 2. The third kappa shape index (κ3) is 4.34. The van der Waals surface area contributed by atoms with Crippen molar-refractivity contribution in [3.8, 4) is 0 Å². The fourth-order valence-corrected chi connectivity index (χ4v) is 3.14. The van der Waals surface area contributed by atoms with Crippen molar-refractivity contribution in [1.82, 2.24) is 4.57 Å². The molecule has 122 valence electrons. The number of carbonyl (C=O) groups excluding carboxylic acids is 1. The topological polar surface area (TPSA) is 106 Å². The Morgan fingerprint density at radius 3 is 2.48 bits per heavy atom. The van der Waals surface area contributed by atoms with E-state index in [0.717, 1.165) is 0 Å². The minimum absolute atomic E-state index is 0.0112. The van der Waals surface area contributed by atoms with Gasteiger partial charge < -0.3 is 10.3 Å². The monoisotopic (exact) mass is 373 g/mol. The van der Waals surface area contributed by atoms with Gasteiger partial charge in [0.2, 0.25) is 0 Å². The molecule has 2 aromatic rings. The molecular formula is C14H13Cl2N3O3S. The summed E-state index contributed by atoms with van der Waals surface area (Å²) in [6, 6.07) is 6.18. The Hall–Kier alpha value is -1.83.